The Balaban J connectivity index is 0.000000268. The van der Waals surface area contributed by atoms with E-state index in [9.17, 15) is 62.3 Å². The Hall–Kier alpha value is -7.69. The first-order valence-electron chi connectivity index (χ1n) is 23.5. The van der Waals surface area contributed by atoms with E-state index in [2.05, 4.69) is 79.7 Å². The maximum Gasteiger partial charge on any atom is 0.345 e. The van der Waals surface area contributed by atoms with E-state index in [0.717, 1.165) is 31.3 Å². The van der Waals surface area contributed by atoms with Gasteiger partial charge in [-0.05, 0) is 54.8 Å². The lowest BCUT2D eigenvalue weighted by Crippen LogP contribution is -2.81. The number of carbonyl (C=O) groups excluding carboxylic acids is 2. The van der Waals surface area contributed by atoms with Gasteiger partial charge < -0.3 is 9.47 Å². The van der Waals surface area contributed by atoms with Crippen LogP contribution in [0.25, 0.3) is 0 Å². The maximum atomic E-state index is 15.4. The fraction of sp³-hybridized carbons (Fsp3) is 0.164. The maximum absolute atomic E-state index is 15.4. The molecule has 0 bridgehead atoms. The number of carbonyl (C=O) groups is 2. The molecule has 0 amide bonds. The lowest BCUT2D eigenvalue weighted by molar-refractivity contribution is -0.144. The summed E-state index contributed by atoms with van der Waals surface area (Å²) in [5.41, 5.74) is -13.5. The molecule has 428 valence electrons. The number of esters is 2. The zero-order valence-corrected chi connectivity index (χ0v) is 42.5. The summed E-state index contributed by atoms with van der Waals surface area (Å²) in [5.74, 6) is -72.7. The molecule has 7 aromatic rings. The molecule has 0 heterocycles. The van der Waals surface area contributed by atoms with E-state index >= 15 is 35.1 Å². The highest BCUT2D eigenvalue weighted by Crippen LogP contribution is 2.57. The molecule has 0 aliphatic heterocycles. The highest BCUT2D eigenvalue weighted by Gasteiger charge is 2.53. The smallest absolute Gasteiger partial charge is 0.345 e. The Morgan fingerprint density at radius 3 is 0.815 bits per heavy atom. The van der Waals surface area contributed by atoms with Gasteiger partial charge in [-0.15, -0.1) is 21.9 Å². The van der Waals surface area contributed by atoms with Gasteiger partial charge in [-0.1, -0.05) is 80.8 Å². The van der Waals surface area contributed by atoms with E-state index in [4.69, 9.17) is 9.47 Å². The molecular weight excluding hydrogens is 1150 g/mol. The quantitative estimate of drug-likeness (QED) is 0.00924. The fourth-order valence-electron chi connectivity index (χ4n) is 9.55. The highest BCUT2D eigenvalue weighted by molar-refractivity contribution is 7.95. The predicted octanol–water partition coefficient (Wildman–Crippen LogP) is 11.4. The van der Waals surface area contributed by atoms with Crippen molar-refractivity contribution in [3.8, 4) is 0 Å². The summed E-state index contributed by atoms with van der Waals surface area (Å²) in [5, 5.41) is 3.59. The van der Waals surface area contributed by atoms with Crippen molar-refractivity contribution < 1.29 is 107 Å². The molecule has 7 aromatic carbocycles. The zero-order valence-electron chi connectivity index (χ0n) is 41.6. The van der Waals surface area contributed by atoms with Crippen LogP contribution in [0.2, 0.25) is 0 Å². The number of ether oxygens (including phenoxy) is 2. The molecule has 7 rings (SSSR count). The molecule has 0 spiro atoms. The van der Waals surface area contributed by atoms with Crippen LogP contribution in [-0.2, 0) is 19.1 Å². The first kappa shape index (κ1) is 62.5. The molecule has 0 aliphatic rings. The van der Waals surface area contributed by atoms with Crippen molar-refractivity contribution in [3.63, 3.8) is 0 Å². The number of methoxy groups -OCH3 is 2. The van der Waals surface area contributed by atoms with Gasteiger partial charge in [0.25, 0.3) is 0 Å². The van der Waals surface area contributed by atoms with E-state index in [1.54, 1.807) is 0 Å². The number of halogens is 20. The first-order chi connectivity index (χ1) is 38.3. The normalized spacial score (nSPS) is 11.5. The Labute approximate surface area is 446 Å². The van der Waals surface area contributed by atoms with Gasteiger partial charge >= 0.3 is 11.9 Å². The number of unbranched alkanes of at least 4 members (excludes halogenated alkanes) is 3. The second-order valence-corrected chi connectivity index (χ2v) is 21.0. The van der Waals surface area contributed by atoms with E-state index < -0.39 is 164 Å². The molecule has 0 atom stereocenters. The summed E-state index contributed by atoms with van der Waals surface area (Å²) in [6.45, 7) is 2.17. The lowest BCUT2D eigenvalue weighted by atomic mass is 9.12. The topological polar surface area (TPSA) is 52.6 Å². The Bertz CT molecular complexity index is 3080. The van der Waals surface area contributed by atoms with E-state index in [1.165, 1.54) is 30.1 Å². The van der Waals surface area contributed by atoms with Gasteiger partial charge in [-0.25, -0.2) is 97.4 Å². The minimum absolute atomic E-state index is 0.0312. The third-order valence-electron chi connectivity index (χ3n) is 13.2. The second kappa shape index (κ2) is 25.4. The molecule has 0 unspecified atom stereocenters. The largest absolute Gasteiger partial charge is 0.465 e. The van der Waals surface area contributed by atoms with Gasteiger partial charge in [0.2, 0.25) is 0 Å². The van der Waals surface area contributed by atoms with Crippen LogP contribution in [0.4, 0.5) is 87.8 Å². The lowest BCUT2D eigenvalue weighted by Gasteiger charge is -2.44. The van der Waals surface area contributed by atoms with Crippen molar-refractivity contribution in [2.45, 2.75) is 39.0 Å². The summed E-state index contributed by atoms with van der Waals surface area (Å²) in [7, 11) is 0.334. The Kier molecular flexibility index (Phi) is 19.6. The van der Waals surface area contributed by atoms with Crippen LogP contribution < -0.4 is 37.8 Å². The average molecular weight is 1180 g/mol. The molecular formula is C55H36BF20O4P. The third-order valence-corrected chi connectivity index (χ3v) is 17.6. The van der Waals surface area contributed by atoms with Crippen molar-refractivity contribution in [2.75, 3.05) is 20.4 Å². The summed E-state index contributed by atoms with van der Waals surface area (Å²) < 4.78 is 304. The molecule has 0 saturated carbocycles. The van der Waals surface area contributed by atoms with E-state index in [1.807, 2.05) is 18.2 Å². The number of allylic oxidation sites excluding steroid dienone is 1. The first-order valence-corrected chi connectivity index (χ1v) is 25.4. The van der Waals surface area contributed by atoms with Crippen LogP contribution in [0.5, 0.6) is 0 Å². The van der Waals surface area contributed by atoms with Crippen molar-refractivity contribution >= 4 is 63.1 Å². The number of hydrogen-bond acceptors (Lipinski definition) is 4. The summed E-state index contributed by atoms with van der Waals surface area (Å²) in [6.07, 6.45) is -1.90. The monoisotopic (exact) mass is 1180 g/mol. The molecule has 26 heteroatoms. The molecule has 4 nitrogen and oxygen atoms in total. The SMILES string of the molecule is CCCCCCC(C[P+](c1ccccc1)(c1ccccc1)c1ccccc1)=C(C(=O)OC)C(=O)OC.Fc1c(F)c(F)c([B-](c2c(F)c(F)c(F)c(F)c2F)(c2c(F)c(F)c(F)c(F)c2F)c2c(F)c(F)c(F)c(F)c2F)c(F)c1F. The van der Waals surface area contributed by atoms with Crippen LogP contribution in [0.1, 0.15) is 39.0 Å². The molecule has 81 heavy (non-hydrogen) atoms. The average Bonchev–Trinajstić information content (AvgIpc) is 2.84. The number of rotatable bonds is 16. The van der Waals surface area contributed by atoms with Gasteiger partial charge in [0.1, 0.15) is 81.4 Å². The zero-order chi connectivity index (χ0) is 60.2. The standard InChI is InChI=1S/C31H36O4P.C24BF20/c1-4-5-6-10-17-25(29(30(32)34-2)31(33)35-3)24-36(26-18-11-7-12-19-26,27-20-13-8-14-21-27)28-22-15-9-16-23-28;26-5-1(6(27)14(35)21(42)13(5)34)25(2-7(28)15(36)22(43)16(37)8(2)29,3-9(30)17(38)23(44)18(39)10(3)31)4-11(32)19(40)24(45)20(41)12(4)33/h7-9,11-16,18-23H,4-6,10,17,24H2,1-3H3;/q+1;-1. The van der Waals surface area contributed by atoms with Gasteiger partial charge in [0.05, 0.1) is 20.4 Å². The molecule has 0 N–H and O–H groups in total. The van der Waals surface area contributed by atoms with Crippen LogP contribution >= 0.6 is 7.26 Å². The minimum atomic E-state index is -7.22. The van der Waals surface area contributed by atoms with Gasteiger partial charge in [-0.3, -0.25) is 0 Å². The molecule has 0 radical (unpaired) electrons. The van der Waals surface area contributed by atoms with Crippen LogP contribution in [-0.4, -0.2) is 38.5 Å². The van der Waals surface area contributed by atoms with Gasteiger partial charge in [0, 0.05) is 0 Å². The molecule has 0 fully saturated rings. The van der Waals surface area contributed by atoms with Crippen molar-refractivity contribution in [1.29, 1.82) is 0 Å². The van der Waals surface area contributed by atoms with Crippen LogP contribution in [0.3, 0.4) is 0 Å². The summed E-state index contributed by atoms with van der Waals surface area (Å²) >= 11 is 0. The van der Waals surface area contributed by atoms with Crippen LogP contribution in [0.15, 0.2) is 102 Å². The summed E-state index contributed by atoms with van der Waals surface area (Å²) in [4.78, 5) is 25.9. The summed E-state index contributed by atoms with van der Waals surface area (Å²) in [6, 6.07) is 31.4. The van der Waals surface area contributed by atoms with E-state index in [0.29, 0.717) is 12.6 Å². The number of benzene rings is 7. The van der Waals surface area contributed by atoms with Crippen molar-refractivity contribution in [1.82, 2.24) is 0 Å². The molecule has 0 aromatic heterocycles. The van der Waals surface area contributed by atoms with Crippen molar-refractivity contribution in [3.05, 3.63) is 218 Å². The molecule has 0 saturated heterocycles. The highest BCUT2D eigenvalue weighted by atomic mass is 31.2. The minimum Gasteiger partial charge on any atom is -0.465 e. The Morgan fingerprint density at radius 1 is 0.358 bits per heavy atom. The van der Waals surface area contributed by atoms with Gasteiger partial charge in [0.15, 0.2) is 69.8 Å². The predicted molar refractivity (Wildman–Crippen MR) is 259 cm³/mol. The van der Waals surface area contributed by atoms with E-state index in [-0.39, 0.29) is 5.57 Å². The second-order valence-electron chi connectivity index (χ2n) is 17.5. The number of hydrogen-bond donors (Lipinski definition) is 0. The van der Waals surface area contributed by atoms with Crippen molar-refractivity contribution in [2.24, 2.45) is 0 Å². The Morgan fingerprint density at radius 2 is 0.593 bits per heavy atom. The molecule has 0 aliphatic carbocycles. The fourth-order valence-corrected chi connectivity index (χ4v) is 13.9. The van der Waals surface area contributed by atoms with Gasteiger partial charge in [-0.2, -0.15) is 0 Å². The third kappa shape index (κ3) is 10.9. The van der Waals surface area contributed by atoms with Crippen LogP contribution in [0, 0.1) is 116 Å².